The van der Waals surface area contributed by atoms with E-state index < -0.39 is 5.41 Å². The molecule has 0 saturated carbocycles. The summed E-state index contributed by atoms with van der Waals surface area (Å²) in [6.07, 6.45) is 0. The van der Waals surface area contributed by atoms with Gasteiger partial charge in [0.1, 0.15) is 11.2 Å². The maximum absolute atomic E-state index is 7.10. The van der Waals surface area contributed by atoms with Crippen molar-refractivity contribution < 1.29 is 13.9 Å². The molecule has 0 saturated heterocycles. The van der Waals surface area contributed by atoms with Crippen LogP contribution in [0.3, 0.4) is 0 Å². The number of hydrogen-bond acceptors (Lipinski definition) is 4. The molecular weight excluding hydrogens is 723 g/mol. The van der Waals surface area contributed by atoms with Crippen molar-refractivity contribution in [2.45, 2.75) is 5.41 Å². The van der Waals surface area contributed by atoms with Gasteiger partial charge in [-0.15, -0.1) is 0 Å². The number of fused-ring (bicyclic) bond motifs is 16. The van der Waals surface area contributed by atoms with E-state index in [2.05, 4.69) is 181 Å². The molecule has 13 rings (SSSR count). The van der Waals surface area contributed by atoms with Crippen LogP contribution < -0.4 is 14.4 Å². The average molecular weight is 756 g/mol. The number of anilines is 3. The largest absolute Gasteiger partial charge is 0.456 e. The Morgan fingerprint density at radius 3 is 1.75 bits per heavy atom. The molecule has 4 heteroatoms. The molecule has 10 aromatic rings. The molecule has 4 nitrogen and oxygen atoms in total. The highest BCUT2D eigenvalue weighted by atomic mass is 16.6. The Balaban J connectivity index is 0.929. The van der Waals surface area contributed by atoms with Crippen molar-refractivity contribution in [1.82, 2.24) is 0 Å². The number of rotatable bonds is 4. The van der Waals surface area contributed by atoms with Gasteiger partial charge in [0, 0.05) is 27.7 Å². The quantitative estimate of drug-likeness (QED) is 0.179. The van der Waals surface area contributed by atoms with Gasteiger partial charge in [-0.05, 0) is 111 Å². The maximum Gasteiger partial charge on any atom is 0.194 e. The Hall–Kier alpha value is -7.82. The fourth-order valence-electron chi connectivity index (χ4n) is 10.1. The highest BCUT2D eigenvalue weighted by Crippen LogP contribution is 2.66. The number of hydrogen-bond donors (Lipinski definition) is 0. The first-order chi connectivity index (χ1) is 29.3. The summed E-state index contributed by atoms with van der Waals surface area (Å²) in [5.74, 6) is 2.78. The highest BCUT2D eigenvalue weighted by molar-refractivity contribution is 6.06. The molecule has 0 fully saturated rings. The third-order valence-corrected chi connectivity index (χ3v) is 12.6. The van der Waals surface area contributed by atoms with E-state index in [9.17, 15) is 0 Å². The predicted octanol–water partition coefficient (Wildman–Crippen LogP) is 15.0. The van der Waals surface area contributed by atoms with Crippen LogP contribution in [0, 0.1) is 0 Å². The Bertz CT molecular complexity index is 3300. The average Bonchev–Trinajstić information content (AvgIpc) is 3.93. The zero-order chi connectivity index (χ0) is 38.7. The highest BCUT2D eigenvalue weighted by Gasteiger charge is 2.53. The monoisotopic (exact) mass is 755 g/mol. The lowest BCUT2D eigenvalue weighted by molar-refractivity contribution is 0.361. The zero-order valence-corrected chi connectivity index (χ0v) is 31.7. The van der Waals surface area contributed by atoms with Crippen molar-refractivity contribution in [3.05, 3.63) is 222 Å². The Labute approximate surface area is 340 Å². The third kappa shape index (κ3) is 4.43. The van der Waals surface area contributed by atoms with E-state index in [1.807, 2.05) is 24.3 Å². The van der Waals surface area contributed by atoms with Crippen LogP contribution in [0.25, 0.3) is 55.3 Å². The maximum atomic E-state index is 7.10. The standard InChI is InChI=1S/C55H33NO3/c1-2-13-36(14-3-1)56(37-28-25-34(26-29-37)35-27-31-49-42(33-35)40-17-7-11-23-48(40)57-49)47-22-12-24-50-53(47)58-51-32-30-46-52(54(51)59-50)41-18-6-10-21-45(41)55(46)43-19-8-4-15-38(43)39-16-5-9-20-44(39)55/h1-33H. The molecule has 1 spiro atoms. The van der Waals surface area contributed by atoms with Crippen molar-refractivity contribution in [2.75, 3.05) is 4.90 Å². The van der Waals surface area contributed by atoms with Gasteiger partial charge in [0.2, 0.25) is 0 Å². The van der Waals surface area contributed by atoms with Gasteiger partial charge in [0.15, 0.2) is 23.0 Å². The fraction of sp³-hybridized carbons (Fsp3) is 0.0182. The van der Waals surface area contributed by atoms with Gasteiger partial charge in [-0.2, -0.15) is 0 Å². The molecule has 0 unspecified atom stereocenters. The van der Waals surface area contributed by atoms with Gasteiger partial charge in [-0.25, -0.2) is 0 Å². The lowest BCUT2D eigenvalue weighted by Gasteiger charge is -2.32. The first kappa shape index (κ1) is 32.3. The number of nitrogens with zero attached hydrogens (tertiary/aromatic N) is 1. The molecule has 1 aliphatic heterocycles. The van der Waals surface area contributed by atoms with Crippen LogP contribution in [0.2, 0.25) is 0 Å². The molecule has 0 N–H and O–H groups in total. The van der Waals surface area contributed by atoms with Crippen LogP contribution in [-0.4, -0.2) is 0 Å². The topological polar surface area (TPSA) is 34.8 Å². The number of furan rings is 1. The summed E-state index contributed by atoms with van der Waals surface area (Å²) in [6.45, 7) is 0. The smallest absolute Gasteiger partial charge is 0.194 e. The van der Waals surface area contributed by atoms with E-state index >= 15 is 0 Å². The number of para-hydroxylation sites is 3. The van der Waals surface area contributed by atoms with Crippen LogP contribution in [-0.2, 0) is 5.41 Å². The Morgan fingerprint density at radius 1 is 0.373 bits per heavy atom. The molecule has 3 aliphatic rings. The summed E-state index contributed by atoms with van der Waals surface area (Å²) in [5, 5.41) is 2.24. The summed E-state index contributed by atoms with van der Waals surface area (Å²) < 4.78 is 20.3. The molecule has 0 radical (unpaired) electrons. The van der Waals surface area contributed by atoms with Crippen LogP contribution in [0.15, 0.2) is 205 Å². The molecule has 2 heterocycles. The summed E-state index contributed by atoms with van der Waals surface area (Å²) >= 11 is 0. The second-order valence-corrected chi connectivity index (χ2v) is 15.5. The molecule has 1 aromatic heterocycles. The van der Waals surface area contributed by atoms with E-state index in [1.54, 1.807) is 0 Å². The van der Waals surface area contributed by atoms with E-state index in [4.69, 9.17) is 13.9 Å². The lowest BCUT2D eigenvalue weighted by Crippen LogP contribution is -2.25. The minimum atomic E-state index is -0.464. The summed E-state index contributed by atoms with van der Waals surface area (Å²) in [6, 6.07) is 70.9. The van der Waals surface area contributed by atoms with E-state index in [0.717, 1.165) is 61.4 Å². The van der Waals surface area contributed by atoms with Crippen molar-refractivity contribution in [3.8, 4) is 56.4 Å². The SMILES string of the molecule is c1ccc(N(c2ccc(-c3ccc4oc5ccccc5c4c3)cc2)c2cccc3c2Oc2ccc4c(c2O3)-c2ccccc2C42c3ccccc3-c3ccccc32)cc1. The van der Waals surface area contributed by atoms with E-state index in [-0.39, 0.29) is 0 Å². The normalized spacial score (nSPS) is 13.5. The van der Waals surface area contributed by atoms with Crippen molar-refractivity contribution in [3.63, 3.8) is 0 Å². The Kier molecular flexibility index (Phi) is 6.62. The van der Waals surface area contributed by atoms with Crippen molar-refractivity contribution in [2.24, 2.45) is 0 Å². The molecule has 0 atom stereocenters. The van der Waals surface area contributed by atoms with Crippen LogP contribution in [0.4, 0.5) is 17.1 Å². The van der Waals surface area contributed by atoms with Gasteiger partial charge < -0.3 is 18.8 Å². The first-order valence-corrected chi connectivity index (χ1v) is 20.1. The molecule has 59 heavy (non-hydrogen) atoms. The summed E-state index contributed by atoms with van der Waals surface area (Å²) in [5.41, 5.74) is 16.3. The molecule has 9 aromatic carbocycles. The summed E-state index contributed by atoms with van der Waals surface area (Å²) in [7, 11) is 0. The Morgan fingerprint density at radius 2 is 0.966 bits per heavy atom. The van der Waals surface area contributed by atoms with Crippen LogP contribution in [0.5, 0.6) is 23.0 Å². The number of benzene rings is 9. The minimum absolute atomic E-state index is 0.464. The third-order valence-electron chi connectivity index (χ3n) is 12.6. The predicted molar refractivity (Wildman–Crippen MR) is 237 cm³/mol. The van der Waals surface area contributed by atoms with E-state index in [1.165, 1.54) is 38.9 Å². The molecule has 2 aliphatic carbocycles. The van der Waals surface area contributed by atoms with Crippen LogP contribution in [0.1, 0.15) is 22.3 Å². The first-order valence-electron chi connectivity index (χ1n) is 20.1. The van der Waals surface area contributed by atoms with Gasteiger partial charge in [-0.3, -0.25) is 0 Å². The molecular formula is C55H33NO3. The number of ether oxygens (including phenoxy) is 2. The molecule has 276 valence electrons. The van der Waals surface area contributed by atoms with Gasteiger partial charge in [-0.1, -0.05) is 140 Å². The van der Waals surface area contributed by atoms with Crippen LogP contribution >= 0.6 is 0 Å². The molecule has 0 amide bonds. The molecule has 0 bridgehead atoms. The van der Waals surface area contributed by atoms with Gasteiger partial charge in [0.25, 0.3) is 0 Å². The van der Waals surface area contributed by atoms with Gasteiger partial charge in [0.05, 0.1) is 11.1 Å². The second kappa shape index (κ2) is 12.1. The second-order valence-electron chi connectivity index (χ2n) is 15.5. The summed E-state index contributed by atoms with van der Waals surface area (Å²) in [4.78, 5) is 2.24. The lowest BCUT2D eigenvalue weighted by atomic mass is 9.70. The zero-order valence-electron chi connectivity index (χ0n) is 31.7. The van der Waals surface area contributed by atoms with Gasteiger partial charge >= 0.3 is 0 Å². The van der Waals surface area contributed by atoms with Crippen molar-refractivity contribution >= 4 is 39.0 Å². The van der Waals surface area contributed by atoms with Crippen molar-refractivity contribution in [1.29, 1.82) is 0 Å². The minimum Gasteiger partial charge on any atom is -0.456 e. The fourth-order valence-corrected chi connectivity index (χ4v) is 10.1. The van der Waals surface area contributed by atoms with E-state index in [0.29, 0.717) is 17.2 Å².